The summed E-state index contributed by atoms with van der Waals surface area (Å²) in [5.41, 5.74) is 11.5. The molecule has 5 heteroatoms. The van der Waals surface area contributed by atoms with Crippen molar-refractivity contribution in [2.75, 3.05) is 0 Å². The summed E-state index contributed by atoms with van der Waals surface area (Å²) in [7, 11) is 0. The molecule has 5 N–H and O–H groups in total. The Morgan fingerprint density at radius 1 is 0.449 bits per heavy atom. The summed E-state index contributed by atoms with van der Waals surface area (Å²) in [4.78, 5) is 0. The van der Waals surface area contributed by atoms with Crippen LogP contribution in [0.2, 0.25) is 0 Å². The topological polar surface area (TPSA) is 101 Å². The van der Waals surface area contributed by atoms with E-state index in [-0.39, 0.29) is 21.7 Å². The van der Waals surface area contributed by atoms with Crippen molar-refractivity contribution in [3.05, 3.63) is 184 Å². The Hall–Kier alpha value is -5.68. The molecule has 2 bridgehead atoms. The Balaban J connectivity index is 0.000000129. The second kappa shape index (κ2) is 19.3. The van der Waals surface area contributed by atoms with Crippen LogP contribution < -0.4 is 0 Å². The van der Waals surface area contributed by atoms with Crippen molar-refractivity contribution >= 4 is 0 Å². The van der Waals surface area contributed by atoms with Crippen molar-refractivity contribution in [2.45, 2.75) is 141 Å². The van der Waals surface area contributed by atoms with E-state index in [0.29, 0.717) is 34.7 Å². The van der Waals surface area contributed by atoms with Gasteiger partial charge in [-0.05, 0) is 207 Å². The SMILES string of the molecule is CC1CC(C)(C)CC(c2ccc(O)cc2)(c2ccc(O)cc2)C1.Cc1cc(C2(c3ccc(O)c(C)c3)CCCCC2)ccc1O.Cc1ccc(C2(c3ccc(O)cc3)CC3CC2C2CCCC32)cc1. The average molecular weight is 925 g/mol. The second-order valence-corrected chi connectivity index (χ2v) is 23.1. The molecule has 5 aliphatic carbocycles. The van der Waals surface area contributed by atoms with E-state index in [1.807, 2.05) is 38.1 Å². The Morgan fingerprint density at radius 3 is 1.38 bits per heavy atom. The number of rotatable bonds is 6. The minimum Gasteiger partial charge on any atom is -0.508 e. The summed E-state index contributed by atoms with van der Waals surface area (Å²) in [6, 6.07) is 44.7. The predicted molar refractivity (Wildman–Crippen MR) is 280 cm³/mol. The van der Waals surface area contributed by atoms with Gasteiger partial charge in [0, 0.05) is 16.2 Å². The van der Waals surface area contributed by atoms with Crippen LogP contribution in [0.1, 0.15) is 154 Å². The summed E-state index contributed by atoms with van der Waals surface area (Å²) in [6.45, 7) is 13.1. The molecule has 5 saturated carbocycles. The molecule has 6 aromatic carbocycles. The molecule has 0 heterocycles. The molecule has 5 fully saturated rings. The van der Waals surface area contributed by atoms with Gasteiger partial charge in [-0.2, -0.15) is 0 Å². The average Bonchev–Trinajstić information content (AvgIpc) is 4.07. The lowest BCUT2D eigenvalue weighted by Crippen LogP contribution is -2.41. The number of aryl methyl sites for hydroxylation is 3. The molecule has 6 atom stereocenters. The van der Waals surface area contributed by atoms with Gasteiger partial charge in [0.25, 0.3) is 0 Å². The van der Waals surface area contributed by atoms with Crippen molar-refractivity contribution in [3.63, 3.8) is 0 Å². The van der Waals surface area contributed by atoms with Crippen LogP contribution in [0.3, 0.4) is 0 Å². The molecule has 11 rings (SSSR count). The maximum absolute atomic E-state index is 9.84. The third-order valence-corrected chi connectivity index (χ3v) is 17.9. The number of fused-ring (bicyclic) bond motifs is 5. The second-order valence-electron chi connectivity index (χ2n) is 23.1. The third-order valence-electron chi connectivity index (χ3n) is 17.9. The highest BCUT2D eigenvalue weighted by atomic mass is 16.3. The quantitative estimate of drug-likeness (QED) is 0.115. The smallest absolute Gasteiger partial charge is 0.118 e. The van der Waals surface area contributed by atoms with Crippen LogP contribution >= 0.6 is 0 Å². The summed E-state index contributed by atoms with van der Waals surface area (Å²) in [5.74, 6) is 5.91. The van der Waals surface area contributed by atoms with Gasteiger partial charge in [0.15, 0.2) is 0 Å². The molecule has 6 aromatic rings. The normalized spacial score (nSPS) is 25.9. The van der Waals surface area contributed by atoms with E-state index in [0.717, 1.165) is 60.5 Å². The van der Waals surface area contributed by atoms with Crippen molar-refractivity contribution in [3.8, 4) is 28.7 Å². The zero-order chi connectivity index (χ0) is 48.7. The van der Waals surface area contributed by atoms with Crippen LogP contribution in [-0.4, -0.2) is 25.5 Å². The van der Waals surface area contributed by atoms with E-state index >= 15 is 0 Å². The zero-order valence-electron chi connectivity index (χ0n) is 42.0. The van der Waals surface area contributed by atoms with Gasteiger partial charge in [0.2, 0.25) is 0 Å². The van der Waals surface area contributed by atoms with Crippen molar-refractivity contribution in [1.29, 1.82) is 0 Å². The molecule has 6 unspecified atom stereocenters. The number of hydrogen-bond acceptors (Lipinski definition) is 5. The van der Waals surface area contributed by atoms with E-state index in [1.165, 1.54) is 96.7 Å². The number of phenols is 5. The zero-order valence-corrected chi connectivity index (χ0v) is 42.0. The molecule has 0 saturated heterocycles. The Labute approximate surface area is 412 Å². The number of benzene rings is 6. The first kappa shape index (κ1) is 48.3. The maximum Gasteiger partial charge on any atom is 0.118 e. The van der Waals surface area contributed by atoms with Crippen LogP contribution in [0.4, 0.5) is 0 Å². The summed E-state index contributed by atoms with van der Waals surface area (Å²) >= 11 is 0. The van der Waals surface area contributed by atoms with E-state index in [9.17, 15) is 25.5 Å². The van der Waals surface area contributed by atoms with E-state index in [1.54, 1.807) is 24.3 Å². The molecule has 0 amide bonds. The molecule has 5 aliphatic rings. The van der Waals surface area contributed by atoms with Crippen LogP contribution in [0, 0.1) is 55.8 Å². The summed E-state index contributed by atoms with van der Waals surface area (Å²) in [6.07, 6.45) is 16.4. The Bertz CT molecular complexity index is 2550. The van der Waals surface area contributed by atoms with Gasteiger partial charge in [0.05, 0.1) is 0 Å². The molecule has 362 valence electrons. The molecular formula is C64H76O5. The van der Waals surface area contributed by atoms with Gasteiger partial charge in [-0.15, -0.1) is 0 Å². The first-order chi connectivity index (χ1) is 33.0. The van der Waals surface area contributed by atoms with Gasteiger partial charge in [-0.25, -0.2) is 0 Å². The fourth-order valence-corrected chi connectivity index (χ4v) is 15.1. The predicted octanol–water partition coefficient (Wildman–Crippen LogP) is 15.6. The lowest BCUT2D eigenvalue weighted by atomic mass is 9.55. The highest BCUT2D eigenvalue weighted by Crippen LogP contribution is 2.68. The molecule has 0 radical (unpaired) electrons. The standard InChI is InChI=1S/C23H26O.C21H26O2.C20H24O2/c1-15-5-7-17(8-6-15)23(18-9-11-19(24)12-10-18)14-16-13-22(23)21-4-2-3-20(16)21;1-15-12-20(2,3)14-21(13-15,16-4-8-18(22)9-5-16)17-6-10-19(23)11-7-17;1-14-12-16(6-8-18(14)21)20(10-4-3-5-11-20)17-7-9-19(22)15(2)13-17/h5-12,16,20-22,24H,2-4,13-14H2,1H3;4-11,15,22-23H,12-14H2,1-3H3;6-9,12-13,21-22H,3-5,10-11H2,1-2H3. The van der Waals surface area contributed by atoms with Crippen molar-refractivity contribution < 1.29 is 25.5 Å². The molecule has 69 heavy (non-hydrogen) atoms. The van der Waals surface area contributed by atoms with E-state index < -0.39 is 0 Å². The number of hydrogen-bond donors (Lipinski definition) is 5. The largest absolute Gasteiger partial charge is 0.508 e. The first-order valence-corrected chi connectivity index (χ1v) is 26.1. The van der Waals surface area contributed by atoms with Gasteiger partial charge in [-0.1, -0.05) is 137 Å². The monoisotopic (exact) mass is 925 g/mol. The van der Waals surface area contributed by atoms with Crippen LogP contribution in [0.15, 0.2) is 133 Å². The minimum absolute atomic E-state index is 0.00910. The van der Waals surface area contributed by atoms with Gasteiger partial charge >= 0.3 is 0 Å². The van der Waals surface area contributed by atoms with Crippen LogP contribution in [-0.2, 0) is 16.2 Å². The Morgan fingerprint density at radius 2 is 0.899 bits per heavy atom. The summed E-state index contributed by atoms with van der Waals surface area (Å²) < 4.78 is 0. The van der Waals surface area contributed by atoms with E-state index in [4.69, 9.17) is 0 Å². The molecular weight excluding hydrogens is 849 g/mol. The number of phenolic OH excluding ortho intramolecular Hbond substituents is 5. The number of aromatic hydroxyl groups is 5. The Kier molecular flexibility index (Phi) is 13.5. The minimum atomic E-state index is -0.0669. The molecule has 5 nitrogen and oxygen atoms in total. The van der Waals surface area contributed by atoms with Crippen LogP contribution in [0.25, 0.3) is 0 Å². The summed E-state index contributed by atoms with van der Waals surface area (Å²) in [5, 5.41) is 48.8. The van der Waals surface area contributed by atoms with Gasteiger partial charge in [-0.3, -0.25) is 0 Å². The first-order valence-electron chi connectivity index (χ1n) is 26.1. The van der Waals surface area contributed by atoms with Gasteiger partial charge < -0.3 is 25.5 Å². The van der Waals surface area contributed by atoms with Crippen LogP contribution in [0.5, 0.6) is 28.7 Å². The fourth-order valence-electron chi connectivity index (χ4n) is 15.1. The van der Waals surface area contributed by atoms with Crippen molar-refractivity contribution in [2.24, 2.45) is 35.0 Å². The van der Waals surface area contributed by atoms with Gasteiger partial charge in [0.1, 0.15) is 28.7 Å². The molecule has 0 aliphatic heterocycles. The maximum atomic E-state index is 9.84. The highest BCUT2D eigenvalue weighted by molar-refractivity contribution is 5.49. The lowest BCUT2D eigenvalue weighted by Gasteiger charge is -2.48. The van der Waals surface area contributed by atoms with E-state index in [2.05, 4.69) is 113 Å². The fraction of sp³-hybridized carbons (Fsp3) is 0.438. The molecule has 0 spiro atoms. The molecule has 0 aromatic heterocycles. The lowest BCUT2D eigenvalue weighted by molar-refractivity contribution is 0.127. The highest BCUT2D eigenvalue weighted by Gasteiger charge is 2.61. The third kappa shape index (κ3) is 9.40. The van der Waals surface area contributed by atoms with Crippen molar-refractivity contribution in [1.82, 2.24) is 0 Å².